The van der Waals surface area contributed by atoms with E-state index in [1.807, 2.05) is 0 Å². The smallest absolute Gasteiger partial charge is 0.222 e. The molecule has 1 amide bonds. The number of sulfonamides is 1. The molecule has 0 radical (unpaired) electrons. The van der Waals surface area contributed by atoms with Crippen molar-refractivity contribution in [3.05, 3.63) is 0 Å². The van der Waals surface area contributed by atoms with Crippen LogP contribution in [0.1, 0.15) is 25.7 Å². The van der Waals surface area contributed by atoms with Gasteiger partial charge in [-0.2, -0.15) is 0 Å². The number of unbranched alkanes of at least 4 members (excludes halogenated alkanes) is 1. The van der Waals surface area contributed by atoms with E-state index < -0.39 is 10.0 Å². The molecule has 0 saturated carbocycles. The highest BCUT2D eigenvalue weighted by molar-refractivity contribution is 7.89. The van der Waals surface area contributed by atoms with Gasteiger partial charge in [-0.3, -0.25) is 4.79 Å². The van der Waals surface area contributed by atoms with Crippen LogP contribution in [0.2, 0.25) is 0 Å². The maximum atomic E-state index is 11.7. The average molecular weight is 283 g/mol. The number of piperidine rings is 1. The Morgan fingerprint density at radius 2 is 2.18 bits per heavy atom. The van der Waals surface area contributed by atoms with E-state index in [2.05, 4.69) is 4.72 Å². The number of hydrogen-bond acceptors (Lipinski definition) is 3. The van der Waals surface area contributed by atoms with Gasteiger partial charge >= 0.3 is 0 Å². The topological polar surface area (TPSA) is 66.5 Å². The number of carbonyl (C=O) groups is 1. The molecule has 1 heterocycles. The van der Waals surface area contributed by atoms with Gasteiger partial charge in [0, 0.05) is 31.9 Å². The first-order valence-corrected chi connectivity index (χ1v) is 7.93. The first-order valence-electron chi connectivity index (χ1n) is 5.74. The van der Waals surface area contributed by atoms with E-state index in [0.717, 1.165) is 0 Å². The van der Waals surface area contributed by atoms with Crippen LogP contribution in [0, 0.1) is 0 Å². The second kappa shape index (κ2) is 6.56. The minimum atomic E-state index is -3.24. The van der Waals surface area contributed by atoms with E-state index in [-0.39, 0.29) is 17.7 Å². The molecule has 1 aliphatic heterocycles. The monoisotopic (exact) mass is 282 g/mol. The summed E-state index contributed by atoms with van der Waals surface area (Å²) >= 11 is 5.50. The molecule has 1 saturated heterocycles. The summed E-state index contributed by atoms with van der Waals surface area (Å²) in [5, 5.41) is 0. The first kappa shape index (κ1) is 14.7. The molecule has 1 unspecified atom stereocenters. The molecule has 1 rings (SSSR count). The summed E-state index contributed by atoms with van der Waals surface area (Å²) in [6, 6.07) is -0.154. The van der Waals surface area contributed by atoms with Crippen LogP contribution in [-0.4, -0.2) is 50.5 Å². The third-order valence-electron chi connectivity index (χ3n) is 2.77. The molecule has 0 spiro atoms. The Morgan fingerprint density at radius 1 is 1.47 bits per heavy atom. The lowest BCUT2D eigenvalue weighted by Crippen LogP contribution is -2.48. The van der Waals surface area contributed by atoms with Crippen LogP contribution >= 0.6 is 11.6 Å². The molecule has 100 valence electrons. The van der Waals surface area contributed by atoms with Crippen molar-refractivity contribution >= 4 is 27.5 Å². The zero-order valence-electron chi connectivity index (χ0n) is 9.99. The molecular weight excluding hydrogens is 264 g/mol. The van der Waals surface area contributed by atoms with Crippen LogP contribution in [0.3, 0.4) is 0 Å². The number of amides is 1. The number of halogens is 1. The normalized spacial score (nSPS) is 21.9. The number of nitrogens with zero attached hydrogens (tertiary/aromatic N) is 1. The SMILES string of the molecule is CN1CC(NS(=O)(=O)CCCCCl)CCC1=O. The van der Waals surface area contributed by atoms with E-state index in [4.69, 9.17) is 11.6 Å². The van der Waals surface area contributed by atoms with E-state index >= 15 is 0 Å². The number of alkyl halides is 1. The van der Waals surface area contributed by atoms with Gasteiger partial charge in [-0.05, 0) is 19.3 Å². The number of rotatable bonds is 6. The minimum Gasteiger partial charge on any atom is -0.344 e. The van der Waals surface area contributed by atoms with Crippen molar-refractivity contribution in [1.29, 1.82) is 0 Å². The number of nitrogens with one attached hydrogen (secondary N) is 1. The van der Waals surface area contributed by atoms with Crippen molar-refractivity contribution in [2.75, 3.05) is 25.2 Å². The molecule has 0 aromatic carbocycles. The van der Waals surface area contributed by atoms with Gasteiger partial charge in [0.2, 0.25) is 15.9 Å². The van der Waals surface area contributed by atoms with Gasteiger partial charge in [0.05, 0.1) is 5.75 Å². The van der Waals surface area contributed by atoms with Gasteiger partial charge in [0.25, 0.3) is 0 Å². The van der Waals surface area contributed by atoms with Gasteiger partial charge in [-0.15, -0.1) is 11.6 Å². The Labute approximate surface area is 108 Å². The van der Waals surface area contributed by atoms with Crippen LogP contribution in [0.4, 0.5) is 0 Å². The van der Waals surface area contributed by atoms with Gasteiger partial charge in [-0.25, -0.2) is 13.1 Å². The largest absolute Gasteiger partial charge is 0.344 e. The summed E-state index contributed by atoms with van der Waals surface area (Å²) in [5.74, 6) is 0.659. The first-order chi connectivity index (χ1) is 7.94. The summed E-state index contributed by atoms with van der Waals surface area (Å²) < 4.78 is 26.0. The van der Waals surface area contributed by atoms with E-state index in [9.17, 15) is 13.2 Å². The van der Waals surface area contributed by atoms with Crippen LogP contribution < -0.4 is 4.72 Å². The Hall–Kier alpha value is -0.330. The lowest BCUT2D eigenvalue weighted by Gasteiger charge is -2.29. The highest BCUT2D eigenvalue weighted by Gasteiger charge is 2.25. The fourth-order valence-corrected chi connectivity index (χ4v) is 3.40. The molecule has 0 aromatic rings. The van der Waals surface area contributed by atoms with E-state index in [1.165, 1.54) is 0 Å². The summed E-state index contributed by atoms with van der Waals surface area (Å²) in [5.41, 5.74) is 0. The van der Waals surface area contributed by atoms with Crippen LogP contribution in [0.25, 0.3) is 0 Å². The molecular formula is C10H19ClN2O3S. The summed E-state index contributed by atoms with van der Waals surface area (Å²) in [6.45, 7) is 0.452. The predicted molar refractivity (Wildman–Crippen MR) is 67.5 cm³/mol. The van der Waals surface area contributed by atoms with Gasteiger partial charge in [0.15, 0.2) is 0 Å². The molecule has 5 nitrogen and oxygen atoms in total. The lowest BCUT2D eigenvalue weighted by atomic mass is 10.1. The van der Waals surface area contributed by atoms with Crippen molar-refractivity contribution in [3.8, 4) is 0 Å². The van der Waals surface area contributed by atoms with E-state index in [0.29, 0.717) is 38.1 Å². The Balaban J connectivity index is 2.40. The van der Waals surface area contributed by atoms with Crippen LogP contribution in [0.5, 0.6) is 0 Å². The molecule has 1 atom stereocenters. The van der Waals surface area contributed by atoms with Crippen LogP contribution in [-0.2, 0) is 14.8 Å². The van der Waals surface area contributed by atoms with Crippen molar-refractivity contribution in [2.45, 2.75) is 31.7 Å². The molecule has 0 aromatic heterocycles. The van der Waals surface area contributed by atoms with E-state index in [1.54, 1.807) is 11.9 Å². The average Bonchev–Trinajstić information content (AvgIpc) is 2.23. The predicted octanol–water partition coefficient (Wildman–Crippen LogP) is 0.546. The molecule has 1 N–H and O–H groups in total. The molecule has 1 fully saturated rings. The van der Waals surface area contributed by atoms with Crippen molar-refractivity contribution in [3.63, 3.8) is 0 Å². The highest BCUT2D eigenvalue weighted by atomic mass is 35.5. The highest BCUT2D eigenvalue weighted by Crippen LogP contribution is 2.11. The minimum absolute atomic E-state index is 0.0718. The Morgan fingerprint density at radius 3 is 2.76 bits per heavy atom. The number of likely N-dealkylation sites (tertiary alicyclic amines) is 1. The number of likely N-dealkylation sites (N-methyl/N-ethyl adjacent to an activating group) is 1. The fourth-order valence-electron chi connectivity index (χ4n) is 1.81. The molecule has 7 heteroatoms. The molecule has 0 bridgehead atoms. The zero-order valence-corrected chi connectivity index (χ0v) is 11.6. The molecule has 0 aliphatic carbocycles. The fraction of sp³-hybridized carbons (Fsp3) is 0.900. The number of carbonyl (C=O) groups excluding carboxylic acids is 1. The number of hydrogen-bond donors (Lipinski definition) is 1. The maximum absolute atomic E-state index is 11.7. The molecule has 1 aliphatic rings. The molecule has 17 heavy (non-hydrogen) atoms. The van der Waals surface area contributed by atoms with Gasteiger partial charge in [-0.1, -0.05) is 0 Å². The van der Waals surface area contributed by atoms with Gasteiger partial charge < -0.3 is 4.90 Å². The summed E-state index contributed by atoms with van der Waals surface area (Å²) in [6.07, 6.45) is 2.26. The standard InChI is InChI=1S/C10H19ClN2O3S/c1-13-8-9(4-5-10(13)14)12-17(15,16)7-3-2-6-11/h9,12H,2-8H2,1H3. The van der Waals surface area contributed by atoms with Crippen molar-refractivity contribution in [2.24, 2.45) is 0 Å². The van der Waals surface area contributed by atoms with Crippen molar-refractivity contribution in [1.82, 2.24) is 9.62 Å². The Kier molecular flexibility index (Phi) is 5.69. The second-order valence-electron chi connectivity index (χ2n) is 4.34. The lowest BCUT2D eigenvalue weighted by molar-refractivity contribution is -0.132. The third-order valence-corrected chi connectivity index (χ3v) is 4.56. The summed E-state index contributed by atoms with van der Waals surface area (Å²) in [4.78, 5) is 12.8. The zero-order chi connectivity index (χ0) is 12.9. The van der Waals surface area contributed by atoms with Crippen LogP contribution in [0.15, 0.2) is 0 Å². The summed E-state index contributed by atoms with van der Waals surface area (Å²) in [7, 11) is -1.55. The van der Waals surface area contributed by atoms with Gasteiger partial charge in [0.1, 0.15) is 0 Å². The Bertz CT molecular complexity index is 359. The maximum Gasteiger partial charge on any atom is 0.222 e. The second-order valence-corrected chi connectivity index (χ2v) is 6.59. The third kappa shape index (κ3) is 5.23. The van der Waals surface area contributed by atoms with Crippen molar-refractivity contribution < 1.29 is 13.2 Å². The quantitative estimate of drug-likeness (QED) is 0.571.